The largest absolute Gasteiger partial charge is 0.493 e. The number of methoxy groups -OCH3 is 2. The first-order chi connectivity index (χ1) is 14.0. The monoisotopic (exact) mass is 392 g/mol. The van der Waals surface area contributed by atoms with Gasteiger partial charge in [-0.3, -0.25) is 4.79 Å². The van der Waals surface area contributed by atoms with Gasteiger partial charge in [0.25, 0.3) is 5.91 Å². The molecule has 1 amide bonds. The van der Waals surface area contributed by atoms with E-state index in [1.54, 1.807) is 32.4 Å². The maximum Gasteiger partial charge on any atom is 0.270 e. The molecule has 0 aliphatic carbocycles. The quantitative estimate of drug-likeness (QED) is 0.636. The highest BCUT2D eigenvalue weighted by Gasteiger charge is 2.12. The molecular weight excluding hydrogens is 368 g/mol. The number of ether oxygens (including phenoxy) is 2. The lowest BCUT2D eigenvalue weighted by Gasteiger charge is -2.12. The second kappa shape index (κ2) is 9.05. The van der Waals surface area contributed by atoms with Crippen LogP contribution in [0.15, 0.2) is 48.5 Å². The van der Waals surface area contributed by atoms with Crippen LogP contribution < -0.4 is 20.1 Å². The minimum Gasteiger partial charge on any atom is -0.493 e. The Morgan fingerprint density at radius 3 is 2.45 bits per heavy atom. The summed E-state index contributed by atoms with van der Waals surface area (Å²) in [6, 6.07) is 15.0. The molecule has 0 aliphatic rings. The van der Waals surface area contributed by atoms with Crippen molar-refractivity contribution in [1.29, 1.82) is 0 Å². The first-order valence-corrected chi connectivity index (χ1v) is 9.17. The first-order valence-electron chi connectivity index (χ1n) is 9.17. The number of aryl methyl sites for hydroxylation is 2. The van der Waals surface area contributed by atoms with E-state index in [0.717, 1.165) is 16.8 Å². The molecule has 2 aromatic carbocycles. The van der Waals surface area contributed by atoms with Gasteiger partial charge in [-0.25, -0.2) is 9.97 Å². The molecule has 7 heteroatoms. The molecule has 3 rings (SSSR count). The first kappa shape index (κ1) is 20.1. The van der Waals surface area contributed by atoms with Crippen molar-refractivity contribution >= 4 is 17.5 Å². The van der Waals surface area contributed by atoms with E-state index < -0.39 is 0 Å². The highest BCUT2D eigenvalue weighted by atomic mass is 16.5. The van der Waals surface area contributed by atoms with Crippen LogP contribution in [-0.4, -0.2) is 30.1 Å². The van der Waals surface area contributed by atoms with Gasteiger partial charge < -0.3 is 20.1 Å². The van der Waals surface area contributed by atoms with Gasteiger partial charge in [0, 0.05) is 24.0 Å². The fraction of sp³-hybridized carbons (Fsp3) is 0.227. The van der Waals surface area contributed by atoms with Crippen molar-refractivity contribution < 1.29 is 14.3 Å². The van der Waals surface area contributed by atoms with E-state index in [0.29, 0.717) is 35.4 Å². The van der Waals surface area contributed by atoms with E-state index in [-0.39, 0.29) is 5.91 Å². The molecule has 150 valence electrons. The van der Waals surface area contributed by atoms with Crippen molar-refractivity contribution in [3.8, 4) is 11.5 Å². The zero-order valence-corrected chi connectivity index (χ0v) is 16.9. The lowest BCUT2D eigenvalue weighted by molar-refractivity contribution is 0.0945. The van der Waals surface area contributed by atoms with Crippen LogP contribution >= 0.6 is 0 Å². The van der Waals surface area contributed by atoms with Crippen LogP contribution in [0.3, 0.4) is 0 Å². The lowest BCUT2D eigenvalue weighted by atomic mass is 10.1. The number of carbonyl (C=O) groups is 1. The van der Waals surface area contributed by atoms with Crippen molar-refractivity contribution in [3.63, 3.8) is 0 Å². The summed E-state index contributed by atoms with van der Waals surface area (Å²) < 4.78 is 10.6. The predicted molar refractivity (Wildman–Crippen MR) is 112 cm³/mol. The average molecular weight is 392 g/mol. The molecule has 0 spiro atoms. The summed E-state index contributed by atoms with van der Waals surface area (Å²) in [6.45, 7) is 4.27. The number of benzene rings is 2. The van der Waals surface area contributed by atoms with E-state index in [4.69, 9.17) is 9.47 Å². The number of hydrogen-bond acceptors (Lipinski definition) is 6. The summed E-state index contributed by atoms with van der Waals surface area (Å²) in [7, 11) is 3.15. The van der Waals surface area contributed by atoms with Gasteiger partial charge in [-0.2, -0.15) is 0 Å². The Labute approximate surface area is 170 Å². The van der Waals surface area contributed by atoms with Gasteiger partial charge in [0.05, 0.1) is 14.2 Å². The van der Waals surface area contributed by atoms with E-state index in [1.807, 2.05) is 44.2 Å². The van der Waals surface area contributed by atoms with Gasteiger partial charge in [0.2, 0.25) is 5.95 Å². The minimum atomic E-state index is -0.255. The van der Waals surface area contributed by atoms with Crippen LogP contribution in [0.25, 0.3) is 0 Å². The van der Waals surface area contributed by atoms with Crippen molar-refractivity contribution in [2.75, 3.05) is 19.5 Å². The van der Waals surface area contributed by atoms with E-state index in [1.165, 1.54) is 0 Å². The minimum absolute atomic E-state index is 0.255. The number of rotatable bonds is 7. The summed E-state index contributed by atoms with van der Waals surface area (Å²) >= 11 is 0. The lowest BCUT2D eigenvalue weighted by Crippen LogP contribution is -2.24. The topological polar surface area (TPSA) is 85.4 Å². The second-order valence-electron chi connectivity index (χ2n) is 6.52. The molecule has 7 nitrogen and oxygen atoms in total. The fourth-order valence-electron chi connectivity index (χ4n) is 2.86. The van der Waals surface area contributed by atoms with E-state index >= 15 is 0 Å². The molecule has 1 heterocycles. The molecule has 0 saturated carbocycles. The Bertz CT molecular complexity index is 1020. The summed E-state index contributed by atoms with van der Waals surface area (Å²) in [6.07, 6.45) is 0. The van der Waals surface area contributed by atoms with E-state index in [9.17, 15) is 4.79 Å². The molecule has 0 saturated heterocycles. The smallest absolute Gasteiger partial charge is 0.270 e. The van der Waals surface area contributed by atoms with Gasteiger partial charge in [0.15, 0.2) is 11.5 Å². The Morgan fingerprint density at radius 2 is 1.72 bits per heavy atom. The standard InChI is InChI=1S/C22H24N4O3/c1-14-7-5-6-8-16(14)13-23-21(27)18-11-15(2)24-22(26-18)25-17-9-10-19(28-3)20(12-17)29-4/h5-12H,13H2,1-4H3,(H,23,27)(H,24,25,26). The Kier molecular flexibility index (Phi) is 6.29. The number of amides is 1. The third-order valence-electron chi connectivity index (χ3n) is 4.43. The van der Waals surface area contributed by atoms with Gasteiger partial charge in [0.1, 0.15) is 5.69 Å². The summed E-state index contributed by atoms with van der Waals surface area (Å²) in [4.78, 5) is 21.3. The number of nitrogens with zero attached hydrogens (tertiary/aromatic N) is 2. The van der Waals surface area contributed by atoms with Gasteiger partial charge in [-0.15, -0.1) is 0 Å². The second-order valence-corrected chi connectivity index (χ2v) is 6.52. The van der Waals surface area contributed by atoms with Gasteiger partial charge >= 0.3 is 0 Å². The van der Waals surface area contributed by atoms with Crippen LogP contribution in [0.2, 0.25) is 0 Å². The van der Waals surface area contributed by atoms with Crippen molar-refractivity contribution in [1.82, 2.24) is 15.3 Å². The zero-order valence-electron chi connectivity index (χ0n) is 16.9. The number of aromatic nitrogens is 2. The number of nitrogens with one attached hydrogen (secondary N) is 2. The molecular formula is C22H24N4O3. The molecule has 3 aromatic rings. The van der Waals surface area contributed by atoms with Gasteiger partial charge in [-0.05, 0) is 43.2 Å². The molecule has 2 N–H and O–H groups in total. The highest BCUT2D eigenvalue weighted by molar-refractivity contribution is 5.92. The maximum atomic E-state index is 12.6. The van der Waals surface area contributed by atoms with Gasteiger partial charge in [-0.1, -0.05) is 24.3 Å². The Hall–Kier alpha value is -3.61. The van der Waals surface area contributed by atoms with Crippen LogP contribution in [0.4, 0.5) is 11.6 Å². The number of hydrogen-bond donors (Lipinski definition) is 2. The molecule has 0 atom stereocenters. The zero-order chi connectivity index (χ0) is 20.8. The Balaban J connectivity index is 1.75. The molecule has 0 fully saturated rings. The van der Waals surface area contributed by atoms with E-state index in [2.05, 4.69) is 20.6 Å². The normalized spacial score (nSPS) is 10.3. The molecule has 0 radical (unpaired) electrons. The van der Waals surface area contributed by atoms with Crippen LogP contribution in [0, 0.1) is 13.8 Å². The third-order valence-corrected chi connectivity index (χ3v) is 4.43. The molecule has 0 bridgehead atoms. The fourth-order valence-corrected chi connectivity index (χ4v) is 2.86. The van der Waals surface area contributed by atoms with Crippen LogP contribution in [0.1, 0.15) is 27.3 Å². The average Bonchev–Trinajstić information content (AvgIpc) is 2.72. The summed E-state index contributed by atoms with van der Waals surface area (Å²) in [5.41, 5.74) is 3.90. The van der Waals surface area contributed by atoms with Crippen LogP contribution in [0.5, 0.6) is 11.5 Å². The molecule has 29 heavy (non-hydrogen) atoms. The maximum absolute atomic E-state index is 12.6. The SMILES string of the molecule is COc1ccc(Nc2nc(C)cc(C(=O)NCc3ccccc3C)n2)cc1OC. The molecule has 0 unspecified atom stereocenters. The van der Waals surface area contributed by atoms with Crippen molar-refractivity contribution in [2.24, 2.45) is 0 Å². The molecule has 0 aliphatic heterocycles. The Morgan fingerprint density at radius 1 is 0.966 bits per heavy atom. The number of carbonyl (C=O) groups excluding carboxylic acids is 1. The number of anilines is 2. The van der Waals surface area contributed by atoms with Crippen molar-refractivity contribution in [2.45, 2.75) is 20.4 Å². The molecule has 1 aromatic heterocycles. The highest BCUT2D eigenvalue weighted by Crippen LogP contribution is 2.30. The summed E-state index contributed by atoms with van der Waals surface area (Å²) in [5, 5.41) is 6.03. The third kappa shape index (κ3) is 5.01. The van der Waals surface area contributed by atoms with Crippen molar-refractivity contribution in [3.05, 3.63) is 71.0 Å². The summed E-state index contributed by atoms with van der Waals surface area (Å²) in [5.74, 6) is 1.29. The predicted octanol–water partition coefficient (Wildman–Crippen LogP) is 3.78. The van der Waals surface area contributed by atoms with Crippen LogP contribution in [-0.2, 0) is 6.54 Å².